The molecule has 104 valence electrons. The first-order valence-electron chi connectivity index (χ1n) is 5.79. The Balaban J connectivity index is 1.92. The van der Waals surface area contributed by atoms with Gasteiger partial charge in [0, 0.05) is 6.07 Å². The summed E-state index contributed by atoms with van der Waals surface area (Å²) in [6.45, 7) is 1.09. The number of amides is 1. The van der Waals surface area contributed by atoms with Gasteiger partial charge in [0.15, 0.2) is 6.10 Å². The van der Waals surface area contributed by atoms with Gasteiger partial charge in [-0.3, -0.25) is 15.6 Å². The van der Waals surface area contributed by atoms with Gasteiger partial charge in [-0.25, -0.2) is 4.39 Å². The van der Waals surface area contributed by atoms with E-state index >= 15 is 0 Å². The largest absolute Gasteiger partial charge is 0.494 e. The number of ether oxygens (including phenoxy) is 3. The van der Waals surface area contributed by atoms with E-state index in [-0.39, 0.29) is 12.5 Å². The molecule has 1 aliphatic rings. The zero-order chi connectivity index (χ0) is 13.7. The zero-order valence-corrected chi connectivity index (χ0v) is 10.4. The van der Waals surface area contributed by atoms with Crippen molar-refractivity contribution in [1.29, 1.82) is 0 Å². The van der Waals surface area contributed by atoms with Gasteiger partial charge in [-0.05, 0) is 12.1 Å². The molecule has 0 aromatic heterocycles. The molecule has 0 saturated carbocycles. The van der Waals surface area contributed by atoms with Crippen LogP contribution in [0.1, 0.15) is 0 Å². The molecule has 1 saturated heterocycles. The third kappa shape index (κ3) is 3.55. The molecule has 0 radical (unpaired) electrons. The number of anilines is 1. The fraction of sp³-hybridized carbons (Fsp3) is 0.417. The smallest absolute Gasteiger partial charge is 0.269 e. The van der Waals surface area contributed by atoms with Crippen LogP contribution >= 0.6 is 0 Å². The quantitative estimate of drug-likeness (QED) is 0.788. The van der Waals surface area contributed by atoms with Crippen LogP contribution in [0.2, 0.25) is 0 Å². The molecule has 6 nitrogen and oxygen atoms in total. The van der Waals surface area contributed by atoms with Gasteiger partial charge in [-0.1, -0.05) is 0 Å². The van der Waals surface area contributed by atoms with E-state index < -0.39 is 11.9 Å². The summed E-state index contributed by atoms with van der Waals surface area (Å²) in [6.07, 6.45) is -0.646. The predicted octanol–water partition coefficient (Wildman–Crippen LogP) is 0.693. The number of methoxy groups -OCH3 is 1. The maximum Gasteiger partial charge on any atom is 0.269 e. The Kier molecular flexibility index (Phi) is 4.53. The highest BCUT2D eigenvalue weighted by atomic mass is 19.1. The molecule has 0 unspecified atom stereocenters. The van der Waals surface area contributed by atoms with Crippen molar-refractivity contribution >= 4 is 11.6 Å². The first-order valence-corrected chi connectivity index (χ1v) is 5.79. The molecule has 7 heteroatoms. The van der Waals surface area contributed by atoms with Gasteiger partial charge < -0.3 is 14.2 Å². The molecule has 0 aliphatic carbocycles. The van der Waals surface area contributed by atoms with Gasteiger partial charge in [0.2, 0.25) is 0 Å². The van der Waals surface area contributed by atoms with Crippen molar-refractivity contribution in [3.05, 3.63) is 24.0 Å². The number of rotatable bonds is 4. The van der Waals surface area contributed by atoms with Crippen molar-refractivity contribution in [2.75, 3.05) is 32.4 Å². The first-order chi connectivity index (χ1) is 9.20. The van der Waals surface area contributed by atoms with Crippen LogP contribution in [0.4, 0.5) is 10.1 Å². The number of carbonyl (C=O) groups excluding carboxylic acids is 1. The van der Waals surface area contributed by atoms with Gasteiger partial charge in [0.1, 0.15) is 11.6 Å². The summed E-state index contributed by atoms with van der Waals surface area (Å²) < 4.78 is 28.3. The van der Waals surface area contributed by atoms with Crippen LogP contribution in [0, 0.1) is 5.82 Å². The van der Waals surface area contributed by atoms with Crippen molar-refractivity contribution in [2.24, 2.45) is 0 Å². The zero-order valence-electron chi connectivity index (χ0n) is 10.4. The summed E-state index contributed by atoms with van der Waals surface area (Å²) in [5.41, 5.74) is 5.58. The minimum absolute atomic E-state index is 0.216. The van der Waals surface area contributed by atoms with Gasteiger partial charge in [0.25, 0.3) is 5.91 Å². The van der Waals surface area contributed by atoms with Crippen molar-refractivity contribution in [2.45, 2.75) is 6.10 Å². The highest BCUT2D eigenvalue weighted by Crippen LogP contribution is 2.24. The van der Waals surface area contributed by atoms with Crippen molar-refractivity contribution in [3.63, 3.8) is 0 Å². The van der Waals surface area contributed by atoms with Gasteiger partial charge in [-0.2, -0.15) is 0 Å². The Morgan fingerprint density at radius 3 is 3.00 bits per heavy atom. The Morgan fingerprint density at radius 1 is 1.47 bits per heavy atom. The van der Waals surface area contributed by atoms with Crippen LogP contribution in [0.3, 0.4) is 0 Å². The van der Waals surface area contributed by atoms with E-state index in [1.807, 2.05) is 0 Å². The Labute approximate surface area is 109 Å². The average Bonchev–Trinajstić information content (AvgIpc) is 2.46. The Hall–Kier alpha value is -1.86. The minimum Gasteiger partial charge on any atom is -0.494 e. The lowest BCUT2D eigenvalue weighted by molar-refractivity contribution is -0.146. The lowest BCUT2D eigenvalue weighted by atomic mass is 10.3. The van der Waals surface area contributed by atoms with E-state index in [9.17, 15) is 9.18 Å². The van der Waals surface area contributed by atoms with E-state index in [4.69, 9.17) is 14.2 Å². The second-order valence-corrected chi connectivity index (χ2v) is 3.89. The second-order valence-electron chi connectivity index (χ2n) is 3.89. The number of nitrogens with one attached hydrogen (secondary N) is 2. The van der Waals surface area contributed by atoms with Crippen LogP contribution in [0.15, 0.2) is 18.2 Å². The van der Waals surface area contributed by atoms with Crippen LogP contribution < -0.4 is 15.6 Å². The van der Waals surface area contributed by atoms with Crippen LogP contribution in [-0.2, 0) is 14.3 Å². The summed E-state index contributed by atoms with van der Waals surface area (Å²) >= 11 is 0. The molecule has 0 spiro atoms. The standard InChI is InChI=1S/C12H15FN2O4/c1-17-10-6-8(13)2-3-9(10)14-15-12(16)11-7-18-4-5-19-11/h2-3,6,11,14H,4-5,7H2,1H3,(H,15,16)/t11-/m0/s1. The molecule has 1 aliphatic heterocycles. The van der Waals surface area contributed by atoms with Gasteiger partial charge in [-0.15, -0.1) is 0 Å². The number of hydrazine groups is 1. The molecular formula is C12H15FN2O4. The van der Waals surface area contributed by atoms with Crippen molar-refractivity contribution < 1.29 is 23.4 Å². The number of carbonyl (C=O) groups is 1. The second kappa shape index (κ2) is 6.35. The fourth-order valence-corrected chi connectivity index (χ4v) is 1.62. The minimum atomic E-state index is -0.646. The van der Waals surface area contributed by atoms with Crippen LogP contribution in [0.5, 0.6) is 5.75 Å². The number of benzene rings is 1. The molecule has 0 bridgehead atoms. The molecule has 1 aromatic rings. The number of hydrogen-bond donors (Lipinski definition) is 2. The average molecular weight is 270 g/mol. The molecule has 2 N–H and O–H groups in total. The normalized spacial score (nSPS) is 18.7. The molecule has 2 rings (SSSR count). The van der Waals surface area contributed by atoms with Crippen LogP contribution in [-0.4, -0.2) is 38.9 Å². The Bertz CT molecular complexity index is 449. The lowest BCUT2D eigenvalue weighted by Gasteiger charge is -2.22. The number of hydrogen-bond acceptors (Lipinski definition) is 5. The molecule has 1 atom stereocenters. The monoisotopic (exact) mass is 270 g/mol. The van der Waals surface area contributed by atoms with Crippen molar-refractivity contribution in [1.82, 2.24) is 5.43 Å². The van der Waals surface area contributed by atoms with Crippen LogP contribution in [0.25, 0.3) is 0 Å². The number of halogens is 1. The van der Waals surface area contributed by atoms with Gasteiger partial charge >= 0.3 is 0 Å². The highest BCUT2D eigenvalue weighted by molar-refractivity contribution is 5.82. The highest BCUT2D eigenvalue weighted by Gasteiger charge is 2.22. The Morgan fingerprint density at radius 2 is 2.32 bits per heavy atom. The summed E-state index contributed by atoms with van der Waals surface area (Å²) in [6, 6.07) is 3.94. The van der Waals surface area contributed by atoms with E-state index in [0.29, 0.717) is 24.7 Å². The fourth-order valence-electron chi connectivity index (χ4n) is 1.62. The SMILES string of the molecule is COc1cc(F)ccc1NNC(=O)[C@@H]1COCCO1. The lowest BCUT2D eigenvalue weighted by Crippen LogP contribution is -2.44. The third-order valence-corrected chi connectivity index (χ3v) is 2.59. The summed E-state index contributed by atoms with van der Waals surface area (Å²) in [4.78, 5) is 11.7. The first kappa shape index (κ1) is 13.6. The van der Waals surface area contributed by atoms with E-state index in [2.05, 4.69) is 10.9 Å². The van der Waals surface area contributed by atoms with Gasteiger partial charge in [0.05, 0.1) is 32.6 Å². The molecule has 1 amide bonds. The summed E-state index contributed by atoms with van der Waals surface area (Å²) in [5, 5.41) is 0. The maximum atomic E-state index is 13.0. The summed E-state index contributed by atoms with van der Waals surface area (Å²) in [7, 11) is 1.42. The summed E-state index contributed by atoms with van der Waals surface area (Å²) in [5.74, 6) is -0.482. The van der Waals surface area contributed by atoms with E-state index in [0.717, 1.165) is 0 Å². The molecule has 1 fully saturated rings. The predicted molar refractivity (Wildman–Crippen MR) is 65.3 cm³/mol. The molecule has 19 heavy (non-hydrogen) atoms. The van der Waals surface area contributed by atoms with E-state index in [1.54, 1.807) is 0 Å². The van der Waals surface area contributed by atoms with E-state index in [1.165, 1.54) is 25.3 Å². The maximum absolute atomic E-state index is 13.0. The molecular weight excluding hydrogens is 255 g/mol. The topological polar surface area (TPSA) is 68.8 Å². The molecule has 1 aromatic carbocycles. The third-order valence-electron chi connectivity index (χ3n) is 2.59. The van der Waals surface area contributed by atoms with Crippen molar-refractivity contribution in [3.8, 4) is 5.75 Å². The molecule has 1 heterocycles.